The van der Waals surface area contributed by atoms with E-state index in [2.05, 4.69) is 42.2 Å². The Morgan fingerprint density at radius 3 is 2.50 bits per heavy atom. The molecule has 2 N–H and O–H groups in total. The van der Waals surface area contributed by atoms with E-state index >= 15 is 0 Å². The summed E-state index contributed by atoms with van der Waals surface area (Å²) in [4.78, 5) is 4.26. The minimum absolute atomic E-state index is 0.444. The Kier molecular flexibility index (Phi) is 5.38. The molecule has 3 aromatic rings. The van der Waals surface area contributed by atoms with Gasteiger partial charge in [0.05, 0.1) is 0 Å². The van der Waals surface area contributed by atoms with Gasteiger partial charge in [0.2, 0.25) is 0 Å². The second-order valence-corrected chi connectivity index (χ2v) is 7.13. The van der Waals surface area contributed by atoms with Gasteiger partial charge in [-0.1, -0.05) is 37.3 Å². The third-order valence-corrected chi connectivity index (χ3v) is 4.49. The van der Waals surface area contributed by atoms with Gasteiger partial charge in [-0.3, -0.25) is 4.98 Å². The van der Waals surface area contributed by atoms with E-state index in [1.54, 1.807) is 0 Å². The fourth-order valence-electron chi connectivity index (χ4n) is 2.94. The summed E-state index contributed by atoms with van der Waals surface area (Å²) in [5.41, 5.74) is 11.6. The van der Waals surface area contributed by atoms with Crippen molar-refractivity contribution in [3.8, 4) is 16.9 Å². The molecular weight excluding hydrogens is 320 g/mol. The molecule has 2 aromatic carbocycles. The molecule has 0 aliphatic rings. The van der Waals surface area contributed by atoms with Crippen molar-refractivity contribution >= 4 is 0 Å². The van der Waals surface area contributed by atoms with E-state index in [1.165, 1.54) is 11.1 Å². The van der Waals surface area contributed by atoms with Gasteiger partial charge in [0, 0.05) is 17.9 Å². The second kappa shape index (κ2) is 7.71. The maximum atomic E-state index is 6.38. The third kappa shape index (κ3) is 4.30. The van der Waals surface area contributed by atoms with Crippen LogP contribution < -0.4 is 10.5 Å². The molecule has 0 radical (unpaired) electrons. The van der Waals surface area contributed by atoms with Crippen LogP contribution in [0.2, 0.25) is 0 Å². The number of aromatic nitrogens is 1. The Labute approximate surface area is 155 Å². The first-order chi connectivity index (χ1) is 12.5. The number of nitrogens with zero attached hydrogens (tertiary/aromatic N) is 1. The maximum absolute atomic E-state index is 6.38. The van der Waals surface area contributed by atoms with E-state index in [9.17, 15) is 0 Å². The lowest BCUT2D eigenvalue weighted by atomic mass is 9.91. The molecule has 3 heteroatoms. The molecule has 0 aliphatic carbocycles. The fourth-order valence-corrected chi connectivity index (χ4v) is 2.94. The number of rotatable bonds is 6. The summed E-state index contributed by atoms with van der Waals surface area (Å²) in [5, 5.41) is 0. The molecule has 0 fully saturated rings. The molecule has 0 saturated carbocycles. The first-order valence-corrected chi connectivity index (χ1v) is 9.02. The Bertz CT molecular complexity index is 867. The van der Waals surface area contributed by atoms with E-state index < -0.39 is 5.54 Å². The van der Waals surface area contributed by atoms with E-state index in [4.69, 9.17) is 10.5 Å². The van der Waals surface area contributed by atoms with Gasteiger partial charge in [0.15, 0.2) is 0 Å². The molecule has 1 aromatic heterocycles. The number of aryl methyl sites for hydroxylation is 1. The quantitative estimate of drug-likeness (QED) is 0.677. The number of ether oxygens (including phenoxy) is 1. The van der Waals surface area contributed by atoms with Crippen molar-refractivity contribution < 1.29 is 4.74 Å². The topological polar surface area (TPSA) is 48.1 Å². The predicted octanol–water partition coefficient (Wildman–Crippen LogP) is 5.08. The molecule has 26 heavy (non-hydrogen) atoms. The highest BCUT2D eigenvalue weighted by atomic mass is 16.5. The van der Waals surface area contributed by atoms with E-state index in [0.29, 0.717) is 6.61 Å². The number of pyridine rings is 1. The van der Waals surface area contributed by atoms with Crippen molar-refractivity contribution in [3.05, 3.63) is 83.7 Å². The minimum atomic E-state index is -0.444. The van der Waals surface area contributed by atoms with Crippen LogP contribution in [0.5, 0.6) is 5.75 Å². The van der Waals surface area contributed by atoms with Crippen LogP contribution in [0.25, 0.3) is 11.1 Å². The first kappa shape index (κ1) is 18.2. The standard InChI is InChI=1S/C23H26N2O/c1-4-18-15-25-11-10-22(18)19-12-20(23(2,3)24)14-21(13-19)26-16-17-8-6-5-7-9-17/h5-15H,4,16,24H2,1-3H3. The van der Waals surface area contributed by atoms with Crippen molar-refractivity contribution in [2.45, 2.75) is 39.3 Å². The van der Waals surface area contributed by atoms with Crippen LogP contribution in [-0.4, -0.2) is 4.98 Å². The lowest BCUT2D eigenvalue weighted by Gasteiger charge is -2.22. The molecule has 3 nitrogen and oxygen atoms in total. The van der Waals surface area contributed by atoms with Crippen LogP contribution in [0.15, 0.2) is 67.0 Å². The van der Waals surface area contributed by atoms with Crippen LogP contribution in [-0.2, 0) is 18.6 Å². The van der Waals surface area contributed by atoms with Gasteiger partial charge in [-0.2, -0.15) is 0 Å². The van der Waals surface area contributed by atoms with Gasteiger partial charge in [0.25, 0.3) is 0 Å². The summed E-state index contributed by atoms with van der Waals surface area (Å²) in [6, 6.07) is 18.5. The van der Waals surface area contributed by atoms with Crippen molar-refractivity contribution in [1.82, 2.24) is 4.98 Å². The molecule has 134 valence electrons. The minimum Gasteiger partial charge on any atom is -0.489 e. The zero-order chi connectivity index (χ0) is 18.6. The summed E-state index contributed by atoms with van der Waals surface area (Å²) in [7, 11) is 0. The Balaban J connectivity index is 1.99. The van der Waals surface area contributed by atoms with Crippen molar-refractivity contribution in [3.63, 3.8) is 0 Å². The lowest BCUT2D eigenvalue weighted by Crippen LogP contribution is -2.28. The molecule has 0 atom stereocenters. The number of nitrogens with two attached hydrogens (primary N) is 1. The predicted molar refractivity (Wildman–Crippen MR) is 107 cm³/mol. The van der Waals surface area contributed by atoms with Crippen LogP contribution in [0, 0.1) is 0 Å². The van der Waals surface area contributed by atoms with Gasteiger partial charge in [0.1, 0.15) is 12.4 Å². The Morgan fingerprint density at radius 2 is 1.81 bits per heavy atom. The first-order valence-electron chi connectivity index (χ1n) is 9.02. The third-order valence-electron chi connectivity index (χ3n) is 4.49. The molecule has 0 bridgehead atoms. The van der Waals surface area contributed by atoms with Gasteiger partial charge in [-0.25, -0.2) is 0 Å². The van der Waals surface area contributed by atoms with E-state index in [-0.39, 0.29) is 0 Å². The number of hydrogen-bond acceptors (Lipinski definition) is 3. The fraction of sp³-hybridized carbons (Fsp3) is 0.261. The lowest BCUT2D eigenvalue weighted by molar-refractivity contribution is 0.305. The monoisotopic (exact) mass is 346 g/mol. The molecular formula is C23H26N2O. The number of benzene rings is 2. The van der Waals surface area contributed by atoms with Crippen LogP contribution in [0.1, 0.15) is 37.5 Å². The highest BCUT2D eigenvalue weighted by Gasteiger charge is 2.17. The molecule has 1 heterocycles. The largest absolute Gasteiger partial charge is 0.489 e. The van der Waals surface area contributed by atoms with Crippen molar-refractivity contribution in [2.75, 3.05) is 0 Å². The summed E-state index contributed by atoms with van der Waals surface area (Å²) < 4.78 is 6.09. The molecule has 0 aliphatic heterocycles. The molecule has 0 spiro atoms. The SMILES string of the molecule is CCc1cnccc1-c1cc(OCc2ccccc2)cc(C(C)(C)N)c1. The Morgan fingerprint density at radius 1 is 1.04 bits per heavy atom. The molecule has 0 unspecified atom stereocenters. The summed E-state index contributed by atoms with van der Waals surface area (Å²) in [6.07, 6.45) is 4.69. The number of hydrogen-bond donors (Lipinski definition) is 1. The van der Waals surface area contributed by atoms with Gasteiger partial charge in [-0.05, 0) is 72.4 Å². The van der Waals surface area contributed by atoms with Crippen LogP contribution in [0.4, 0.5) is 0 Å². The smallest absolute Gasteiger partial charge is 0.120 e. The zero-order valence-corrected chi connectivity index (χ0v) is 15.7. The normalized spacial score (nSPS) is 11.4. The Hall–Kier alpha value is -2.65. The second-order valence-electron chi connectivity index (χ2n) is 7.13. The highest BCUT2D eigenvalue weighted by Crippen LogP contribution is 2.32. The summed E-state index contributed by atoms with van der Waals surface area (Å²) >= 11 is 0. The summed E-state index contributed by atoms with van der Waals surface area (Å²) in [5.74, 6) is 0.832. The zero-order valence-electron chi connectivity index (χ0n) is 15.7. The van der Waals surface area contributed by atoms with E-state index in [1.807, 2.05) is 50.5 Å². The van der Waals surface area contributed by atoms with Crippen molar-refractivity contribution in [1.29, 1.82) is 0 Å². The van der Waals surface area contributed by atoms with Crippen LogP contribution in [0.3, 0.4) is 0 Å². The van der Waals surface area contributed by atoms with Gasteiger partial charge in [-0.15, -0.1) is 0 Å². The van der Waals surface area contributed by atoms with Crippen molar-refractivity contribution in [2.24, 2.45) is 5.73 Å². The molecule has 3 rings (SSSR count). The van der Waals surface area contributed by atoms with Gasteiger partial charge >= 0.3 is 0 Å². The van der Waals surface area contributed by atoms with E-state index in [0.717, 1.165) is 28.9 Å². The highest BCUT2D eigenvalue weighted by molar-refractivity contribution is 5.69. The maximum Gasteiger partial charge on any atom is 0.120 e. The average molecular weight is 346 g/mol. The molecule has 0 amide bonds. The molecule has 0 saturated heterocycles. The average Bonchev–Trinajstić information content (AvgIpc) is 2.66. The van der Waals surface area contributed by atoms with Crippen LogP contribution >= 0.6 is 0 Å². The van der Waals surface area contributed by atoms with Gasteiger partial charge < -0.3 is 10.5 Å². The summed E-state index contributed by atoms with van der Waals surface area (Å²) in [6.45, 7) is 6.70.